The average Bonchev–Trinajstić information content (AvgIpc) is 3.58. The van der Waals surface area contributed by atoms with Crippen LogP contribution in [0.1, 0.15) is 66.9 Å². The van der Waals surface area contributed by atoms with Gasteiger partial charge in [0.05, 0.1) is 29.0 Å². The monoisotopic (exact) mass is 920 g/mol. The maximum atomic E-state index is 13.3. The number of rotatable bonds is 11. The molecule has 0 aromatic heterocycles. The second-order valence-corrected chi connectivity index (χ2v) is 17.9. The van der Waals surface area contributed by atoms with Crippen molar-refractivity contribution < 1.29 is 24.5 Å². The van der Waals surface area contributed by atoms with Gasteiger partial charge in [-0.3, -0.25) is 9.59 Å². The Kier molecular flexibility index (Phi) is 15.8. The standard InChI is InChI=1S/C28H36ClN3O3.C12H15NO2.C7H7I/c1-19-4-7-22(8-5-19)32-15-12-21(17-32)28(34)30-25(18-31-13-2-3-14-31)27(33)20-6-11-26(24(29)16-20)35-23-9-10-23;1-9-2-4-11(5-3-9)13-7-6-10(8-13)12(14)15;1-6-2-4-7(8)5-3-6/h4-8,11,16,21,23,25,27,33H,2-3,9-10,12-15,17-18H2,1H3,(H,30,34);2-5,10H,6-8H2,1H3,(H,14,15);2-5H,1H3/t21-,25-,27-;10-;/m11./s1. The van der Waals surface area contributed by atoms with E-state index >= 15 is 0 Å². The molecular formula is C47H58ClIN4O5. The van der Waals surface area contributed by atoms with Gasteiger partial charge < -0.3 is 35.0 Å². The SMILES string of the molecule is Cc1ccc(I)cc1.Cc1ccc(N2CC[C@@H](C(=O)N[C@H](CN3CCCC3)[C@H](O)c3ccc(OC4CC4)c(Cl)c3)C2)cc1.Cc1ccc(N2CC[C@@H](C(=O)O)C2)cc1. The fraction of sp³-hybridized carbons (Fsp3) is 0.447. The average molecular weight is 921 g/mol. The highest BCUT2D eigenvalue weighted by atomic mass is 127. The maximum absolute atomic E-state index is 13.3. The first-order valence-corrected chi connectivity index (χ1v) is 22.1. The minimum atomic E-state index is -0.846. The van der Waals surface area contributed by atoms with Gasteiger partial charge in [0, 0.05) is 47.7 Å². The second kappa shape index (κ2) is 20.9. The summed E-state index contributed by atoms with van der Waals surface area (Å²) in [4.78, 5) is 30.9. The van der Waals surface area contributed by atoms with Crippen molar-refractivity contribution >= 4 is 57.4 Å². The minimum Gasteiger partial charge on any atom is -0.489 e. The molecular weight excluding hydrogens is 863 g/mol. The molecule has 58 heavy (non-hydrogen) atoms. The van der Waals surface area contributed by atoms with E-state index in [0.717, 1.165) is 76.1 Å². The molecule has 310 valence electrons. The molecule has 4 atom stereocenters. The van der Waals surface area contributed by atoms with Gasteiger partial charge in [-0.05, 0) is 149 Å². The second-order valence-electron chi connectivity index (χ2n) is 16.2. The van der Waals surface area contributed by atoms with Gasteiger partial charge in [-0.2, -0.15) is 0 Å². The summed E-state index contributed by atoms with van der Waals surface area (Å²) >= 11 is 8.77. The quantitative estimate of drug-likeness (QED) is 0.128. The molecule has 3 heterocycles. The van der Waals surface area contributed by atoms with Gasteiger partial charge in [0.25, 0.3) is 0 Å². The van der Waals surface area contributed by atoms with Crippen LogP contribution in [0, 0.1) is 36.2 Å². The fourth-order valence-electron chi connectivity index (χ4n) is 7.61. The molecule has 1 aliphatic carbocycles. The first kappa shape index (κ1) is 43.7. The highest BCUT2D eigenvalue weighted by molar-refractivity contribution is 14.1. The van der Waals surface area contributed by atoms with Crippen LogP contribution in [0.4, 0.5) is 11.4 Å². The van der Waals surface area contributed by atoms with Crippen molar-refractivity contribution in [2.75, 3.05) is 55.6 Å². The fourth-order valence-corrected chi connectivity index (χ4v) is 8.21. The van der Waals surface area contributed by atoms with E-state index in [4.69, 9.17) is 21.4 Å². The lowest BCUT2D eigenvalue weighted by Gasteiger charge is -2.30. The predicted molar refractivity (Wildman–Crippen MR) is 242 cm³/mol. The highest BCUT2D eigenvalue weighted by Gasteiger charge is 2.33. The number of nitrogens with one attached hydrogen (secondary N) is 1. The molecule has 1 amide bonds. The number of hydrogen-bond donors (Lipinski definition) is 3. The van der Waals surface area contributed by atoms with Crippen molar-refractivity contribution in [1.82, 2.24) is 10.2 Å². The van der Waals surface area contributed by atoms with Gasteiger partial charge >= 0.3 is 5.97 Å². The minimum absolute atomic E-state index is 0.0163. The van der Waals surface area contributed by atoms with Crippen LogP contribution in [-0.2, 0) is 9.59 Å². The molecule has 11 heteroatoms. The molecule has 0 unspecified atom stereocenters. The Labute approximate surface area is 362 Å². The number of anilines is 2. The number of aliphatic hydroxyl groups excluding tert-OH is 1. The number of aliphatic hydroxyl groups is 1. The first-order chi connectivity index (χ1) is 27.9. The number of carboxylic acids is 1. The summed E-state index contributed by atoms with van der Waals surface area (Å²) in [6.45, 7) is 11.9. The molecule has 8 rings (SSSR count). The number of nitrogens with zero attached hydrogens (tertiary/aromatic N) is 3. The third-order valence-electron chi connectivity index (χ3n) is 11.4. The van der Waals surface area contributed by atoms with Crippen molar-refractivity contribution in [3.63, 3.8) is 0 Å². The molecule has 4 aromatic carbocycles. The van der Waals surface area contributed by atoms with Crippen molar-refractivity contribution in [3.05, 3.63) is 122 Å². The molecule has 4 aliphatic rings. The summed E-state index contributed by atoms with van der Waals surface area (Å²) in [5.41, 5.74) is 6.77. The summed E-state index contributed by atoms with van der Waals surface area (Å²) < 4.78 is 7.15. The Balaban J connectivity index is 0.000000200. The number of aryl methyl sites for hydroxylation is 3. The molecule has 3 N–H and O–H groups in total. The molecule has 0 radical (unpaired) electrons. The van der Waals surface area contributed by atoms with E-state index in [1.54, 1.807) is 6.07 Å². The maximum Gasteiger partial charge on any atom is 0.308 e. The molecule has 9 nitrogen and oxygen atoms in total. The number of benzene rings is 4. The smallest absolute Gasteiger partial charge is 0.308 e. The van der Waals surface area contributed by atoms with E-state index < -0.39 is 18.1 Å². The van der Waals surface area contributed by atoms with Gasteiger partial charge in [-0.1, -0.05) is 70.8 Å². The number of aliphatic carboxylic acids is 1. The lowest BCUT2D eigenvalue weighted by molar-refractivity contribution is -0.141. The van der Waals surface area contributed by atoms with Crippen LogP contribution in [0.2, 0.25) is 5.02 Å². The zero-order valence-electron chi connectivity index (χ0n) is 34.0. The van der Waals surface area contributed by atoms with Crippen molar-refractivity contribution in [2.24, 2.45) is 11.8 Å². The molecule has 3 aliphatic heterocycles. The van der Waals surface area contributed by atoms with E-state index in [9.17, 15) is 14.7 Å². The van der Waals surface area contributed by atoms with Gasteiger partial charge in [-0.15, -0.1) is 0 Å². The number of halogens is 2. The van der Waals surface area contributed by atoms with Crippen LogP contribution in [0.25, 0.3) is 0 Å². The molecule has 3 saturated heterocycles. The van der Waals surface area contributed by atoms with Crippen LogP contribution < -0.4 is 19.9 Å². The van der Waals surface area contributed by atoms with Crippen molar-refractivity contribution in [2.45, 2.75) is 77.5 Å². The number of hydrogen-bond acceptors (Lipinski definition) is 7. The number of ether oxygens (including phenoxy) is 1. The largest absolute Gasteiger partial charge is 0.489 e. The summed E-state index contributed by atoms with van der Waals surface area (Å²) in [6, 6.07) is 30.2. The highest BCUT2D eigenvalue weighted by Crippen LogP contribution is 2.34. The Morgan fingerprint density at radius 1 is 0.759 bits per heavy atom. The molecule has 4 aromatic rings. The molecule has 0 bridgehead atoms. The Bertz CT molecular complexity index is 1920. The van der Waals surface area contributed by atoms with E-state index in [2.05, 4.69) is 129 Å². The zero-order chi connectivity index (χ0) is 41.2. The van der Waals surface area contributed by atoms with Gasteiger partial charge in [-0.25, -0.2) is 0 Å². The molecule has 4 fully saturated rings. The van der Waals surface area contributed by atoms with Crippen LogP contribution in [-0.4, -0.2) is 84.9 Å². The Hall–Kier alpha value is -3.84. The van der Waals surface area contributed by atoms with E-state index in [1.165, 1.54) is 20.3 Å². The van der Waals surface area contributed by atoms with Crippen LogP contribution in [0.15, 0.2) is 91.0 Å². The van der Waals surface area contributed by atoms with Crippen molar-refractivity contribution in [1.29, 1.82) is 0 Å². The Morgan fingerprint density at radius 3 is 1.76 bits per heavy atom. The van der Waals surface area contributed by atoms with E-state index in [0.29, 0.717) is 36.0 Å². The third kappa shape index (κ3) is 12.8. The zero-order valence-corrected chi connectivity index (χ0v) is 36.9. The first-order valence-electron chi connectivity index (χ1n) is 20.7. The van der Waals surface area contributed by atoms with Gasteiger partial charge in [0.2, 0.25) is 5.91 Å². The normalized spacial score (nSPS) is 20.0. The summed E-state index contributed by atoms with van der Waals surface area (Å²) in [6.07, 6.45) is 5.42. The number of carbonyl (C=O) groups excluding carboxylic acids is 1. The summed E-state index contributed by atoms with van der Waals surface area (Å²) in [5.74, 6) is -0.298. The lowest BCUT2D eigenvalue weighted by atomic mass is 10.00. The summed E-state index contributed by atoms with van der Waals surface area (Å²) in [7, 11) is 0. The van der Waals surface area contributed by atoms with Crippen LogP contribution in [0.5, 0.6) is 5.75 Å². The number of amides is 1. The topological polar surface area (TPSA) is 106 Å². The lowest BCUT2D eigenvalue weighted by Crippen LogP contribution is -2.48. The van der Waals surface area contributed by atoms with Crippen LogP contribution in [0.3, 0.4) is 0 Å². The molecule has 1 saturated carbocycles. The third-order valence-corrected chi connectivity index (χ3v) is 12.4. The van der Waals surface area contributed by atoms with Crippen LogP contribution >= 0.6 is 34.2 Å². The van der Waals surface area contributed by atoms with Gasteiger partial charge in [0.15, 0.2) is 0 Å². The summed E-state index contributed by atoms with van der Waals surface area (Å²) in [5, 5.41) is 24.0. The Morgan fingerprint density at radius 2 is 1.28 bits per heavy atom. The number of carbonyl (C=O) groups is 2. The van der Waals surface area contributed by atoms with Crippen molar-refractivity contribution in [3.8, 4) is 5.75 Å². The molecule has 0 spiro atoms. The predicted octanol–water partition coefficient (Wildman–Crippen LogP) is 8.84. The van der Waals surface area contributed by atoms with E-state index in [-0.39, 0.29) is 23.8 Å². The van der Waals surface area contributed by atoms with Gasteiger partial charge in [0.1, 0.15) is 11.9 Å². The number of likely N-dealkylation sites (tertiary alicyclic amines) is 1. The van der Waals surface area contributed by atoms with E-state index in [1.807, 2.05) is 19.1 Å². The number of carboxylic acid groups (broad SMARTS) is 1.